The van der Waals surface area contributed by atoms with Crippen LogP contribution in [-0.4, -0.2) is 12.6 Å². The van der Waals surface area contributed by atoms with Crippen molar-refractivity contribution >= 4 is 6.03 Å². The first-order valence-corrected chi connectivity index (χ1v) is 6.45. The van der Waals surface area contributed by atoms with E-state index in [0.717, 1.165) is 5.57 Å². The maximum Gasteiger partial charge on any atom is 0.318 e. The molecule has 0 radical (unpaired) electrons. The number of rotatable bonds is 5. The fraction of sp³-hybridized carbons (Fsp3) is 0.400. The quantitative estimate of drug-likeness (QED) is 0.842. The van der Waals surface area contributed by atoms with Gasteiger partial charge >= 0.3 is 6.03 Å². The summed E-state index contributed by atoms with van der Waals surface area (Å²) in [5.41, 5.74) is 1.71. The molecule has 0 aliphatic carbocycles. The highest BCUT2D eigenvalue weighted by Gasteiger charge is 2.02. The van der Waals surface area contributed by atoms with E-state index in [-0.39, 0.29) is 11.8 Å². The van der Waals surface area contributed by atoms with E-state index in [0.29, 0.717) is 24.4 Å². The van der Waals surface area contributed by atoms with Crippen LogP contribution in [0.25, 0.3) is 0 Å². The molecule has 1 rings (SSSR count). The van der Waals surface area contributed by atoms with Gasteiger partial charge in [-0.2, -0.15) is 0 Å². The zero-order valence-corrected chi connectivity index (χ0v) is 11.7. The predicted octanol–water partition coefficient (Wildman–Crippen LogP) is 3.23. The molecule has 0 bridgehead atoms. The van der Waals surface area contributed by atoms with E-state index < -0.39 is 0 Å². The van der Waals surface area contributed by atoms with Crippen molar-refractivity contribution in [3.63, 3.8) is 0 Å². The highest BCUT2D eigenvalue weighted by molar-refractivity contribution is 5.74. The van der Waals surface area contributed by atoms with Crippen LogP contribution in [0.3, 0.4) is 0 Å². The van der Waals surface area contributed by atoms with Crippen molar-refractivity contribution in [2.75, 3.05) is 6.54 Å². The Morgan fingerprint density at radius 1 is 1.37 bits per heavy atom. The molecule has 1 aromatic carbocycles. The van der Waals surface area contributed by atoms with E-state index in [1.807, 2.05) is 6.92 Å². The molecule has 0 fully saturated rings. The lowest BCUT2D eigenvalue weighted by molar-refractivity contribution is 0.244. The molecular formula is C15H21FN2O. The van der Waals surface area contributed by atoms with E-state index in [1.54, 1.807) is 24.4 Å². The molecule has 0 aliphatic rings. The standard InChI is InChI=1S/C15H21FN2O/c1-11(2)12(3)10-18-15(19)17-9-8-13-6-4-5-7-14(13)16/h4-7,10-11H,8-9H2,1-3H3,(H2,17,18,19)/b12-10+. The van der Waals surface area contributed by atoms with Gasteiger partial charge < -0.3 is 10.6 Å². The lowest BCUT2D eigenvalue weighted by Gasteiger charge is -2.08. The third-order valence-electron chi connectivity index (χ3n) is 2.98. The summed E-state index contributed by atoms with van der Waals surface area (Å²) in [4.78, 5) is 11.5. The van der Waals surface area contributed by atoms with Gasteiger partial charge in [-0.15, -0.1) is 0 Å². The van der Waals surface area contributed by atoms with Gasteiger partial charge in [0.05, 0.1) is 0 Å². The Labute approximate surface area is 113 Å². The van der Waals surface area contributed by atoms with Crippen molar-refractivity contribution in [1.82, 2.24) is 10.6 Å². The second-order valence-corrected chi connectivity index (χ2v) is 4.78. The molecule has 0 spiro atoms. The molecule has 0 saturated carbocycles. The molecule has 0 saturated heterocycles. The van der Waals surface area contributed by atoms with E-state index in [2.05, 4.69) is 24.5 Å². The maximum atomic E-state index is 13.3. The van der Waals surface area contributed by atoms with E-state index in [9.17, 15) is 9.18 Å². The van der Waals surface area contributed by atoms with Gasteiger partial charge in [0.25, 0.3) is 0 Å². The van der Waals surface area contributed by atoms with Crippen LogP contribution < -0.4 is 10.6 Å². The predicted molar refractivity (Wildman–Crippen MR) is 75.2 cm³/mol. The Bertz CT molecular complexity index is 455. The number of benzene rings is 1. The molecule has 0 aliphatic heterocycles. The molecule has 0 atom stereocenters. The first kappa shape index (κ1) is 15.2. The Morgan fingerprint density at radius 3 is 2.68 bits per heavy atom. The molecule has 0 heterocycles. The summed E-state index contributed by atoms with van der Waals surface area (Å²) in [5, 5.41) is 5.35. The average molecular weight is 264 g/mol. The number of halogens is 1. The van der Waals surface area contributed by atoms with E-state index >= 15 is 0 Å². The van der Waals surface area contributed by atoms with Crippen molar-refractivity contribution < 1.29 is 9.18 Å². The largest absolute Gasteiger partial charge is 0.338 e. The zero-order chi connectivity index (χ0) is 14.3. The fourth-order valence-corrected chi connectivity index (χ4v) is 1.41. The molecule has 0 aromatic heterocycles. The summed E-state index contributed by atoms with van der Waals surface area (Å²) >= 11 is 0. The van der Waals surface area contributed by atoms with Gasteiger partial charge in [-0.05, 0) is 30.9 Å². The number of hydrogen-bond donors (Lipinski definition) is 2. The van der Waals surface area contributed by atoms with Crippen molar-refractivity contribution in [3.8, 4) is 0 Å². The first-order valence-electron chi connectivity index (χ1n) is 6.45. The molecule has 19 heavy (non-hydrogen) atoms. The van der Waals surface area contributed by atoms with Crippen LogP contribution in [0.5, 0.6) is 0 Å². The number of nitrogens with one attached hydrogen (secondary N) is 2. The van der Waals surface area contributed by atoms with Crippen LogP contribution in [0.1, 0.15) is 26.3 Å². The average Bonchev–Trinajstić information content (AvgIpc) is 2.38. The van der Waals surface area contributed by atoms with Gasteiger partial charge in [0.2, 0.25) is 0 Å². The number of allylic oxidation sites excluding steroid dienone is 1. The highest BCUT2D eigenvalue weighted by Crippen LogP contribution is 2.06. The van der Waals surface area contributed by atoms with Crippen molar-refractivity contribution in [1.29, 1.82) is 0 Å². The number of amides is 2. The van der Waals surface area contributed by atoms with Crippen LogP contribution in [0.2, 0.25) is 0 Å². The summed E-state index contributed by atoms with van der Waals surface area (Å²) < 4.78 is 13.3. The zero-order valence-electron chi connectivity index (χ0n) is 11.7. The molecule has 2 amide bonds. The third kappa shape index (κ3) is 5.55. The van der Waals surface area contributed by atoms with E-state index in [1.165, 1.54) is 6.07 Å². The number of carbonyl (C=O) groups excluding carboxylic acids is 1. The van der Waals surface area contributed by atoms with Crippen molar-refractivity contribution in [3.05, 3.63) is 47.4 Å². The Hall–Kier alpha value is -1.84. The number of urea groups is 1. The van der Waals surface area contributed by atoms with Crippen LogP contribution in [0.15, 0.2) is 36.0 Å². The van der Waals surface area contributed by atoms with Gasteiger partial charge in [0.1, 0.15) is 5.82 Å². The van der Waals surface area contributed by atoms with Crippen LogP contribution in [-0.2, 0) is 6.42 Å². The van der Waals surface area contributed by atoms with Crippen molar-refractivity contribution in [2.24, 2.45) is 5.92 Å². The van der Waals surface area contributed by atoms with Crippen LogP contribution in [0.4, 0.5) is 9.18 Å². The SMILES string of the molecule is C/C(=C\NC(=O)NCCc1ccccc1F)C(C)C. The minimum atomic E-state index is -0.267. The molecule has 0 unspecified atom stereocenters. The Balaban J connectivity index is 2.32. The van der Waals surface area contributed by atoms with Gasteiger partial charge in [-0.25, -0.2) is 9.18 Å². The molecule has 2 N–H and O–H groups in total. The Morgan fingerprint density at radius 2 is 2.05 bits per heavy atom. The normalized spacial score (nSPS) is 11.5. The lowest BCUT2D eigenvalue weighted by atomic mass is 10.1. The molecule has 104 valence electrons. The second kappa shape index (κ2) is 7.56. The fourth-order valence-electron chi connectivity index (χ4n) is 1.41. The first-order chi connectivity index (χ1) is 9.00. The molecular weight excluding hydrogens is 243 g/mol. The van der Waals surface area contributed by atoms with Gasteiger partial charge in [0, 0.05) is 12.7 Å². The van der Waals surface area contributed by atoms with E-state index in [4.69, 9.17) is 0 Å². The number of carbonyl (C=O) groups is 1. The topological polar surface area (TPSA) is 41.1 Å². The summed E-state index contributed by atoms with van der Waals surface area (Å²) in [6, 6.07) is 6.31. The monoisotopic (exact) mass is 264 g/mol. The van der Waals surface area contributed by atoms with Gasteiger partial charge in [-0.1, -0.05) is 37.6 Å². The number of hydrogen-bond acceptors (Lipinski definition) is 1. The van der Waals surface area contributed by atoms with Gasteiger partial charge in [0.15, 0.2) is 0 Å². The highest BCUT2D eigenvalue weighted by atomic mass is 19.1. The van der Waals surface area contributed by atoms with Crippen molar-refractivity contribution in [2.45, 2.75) is 27.2 Å². The molecule has 3 nitrogen and oxygen atoms in total. The third-order valence-corrected chi connectivity index (χ3v) is 2.98. The summed E-state index contributed by atoms with van der Waals surface area (Å²) in [5.74, 6) is 0.166. The van der Waals surface area contributed by atoms with Crippen LogP contribution in [0, 0.1) is 11.7 Å². The summed E-state index contributed by atoms with van der Waals surface area (Å²) in [6.45, 7) is 6.48. The second-order valence-electron chi connectivity index (χ2n) is 4.78. The summed E-state index contributed by atoms with van der Waals surface area (Å²) in [6.07, 6.45) is 2.18. The Kier molecular flexibility index (Phi) is 6.06. The summed E-state index contributed by atoms with van der Waals surface area (Å²) in [7, 11) is 0. The molecule has 1 aromatic rings. The smallest absolute Gasteiger partial charge is 0.318 e. The van der Waals surface area contributed by atoms with Gasteiger partial charge in [-0.3, -0.25) is 0 Å². The minimum absolute atomic E-state index is 0.236. The maximum absolute atomic E-state index is 13.3. The molecule has 4 heteroatoms. The minimum Gasteiger partial charge on any atom is -0.338 e. The lowest BCUT2D eigenvalue weighted by Crippen LogP contribution is -2.34. The van der Waals surface area contributed by atoms with Crippen LogP contribution >= 0.6 is 0 Å².